The number of ether oxygens (including phenoxy) is 1. The third kappa shape index (κ3) is 7.66. The summed E-state index contributed by atoms with van der Waals surface area (Å²) in [7, 11) is 0. The van der Waals surface area contributed by atoms with Crippen LogP contribution in [0.5, 0.6) is 0 Å². The molecule has 1 aliphatic heterocycles. The van der Waals surface area contributed by atoms with Crippen molar-refractivity contribution in [3.63, 3.8) is 0 Å². The number of nitrogens with zero attached hydrogens (tertiary/aromatic N) is 5. The normalized spacial score (nSPS) is 14.0. The lowest BCUT2D eigenvalue weighted by molar-refractivity contribution is 0.107. The van der Waals surface area contributed by atoms with E-state index in [-0.39, 0.29) is 24.0 Å². The molecule has 3 aromatic rings. The molecule has 1 fully saturated rings. The summed E-state index contributed by atoms with van der Waals surface area (Å²) in [5.41, 5.74) is 3.54. The number of nitrogens with one attached hydrogen (secondary N) is 1. The van der Waals surface area contributed by atoms with Gasteiger partial charge >= 0.3 is 0 Å². The molecule has 1 aliphatic rings. The zero-order valence-electron chi connectivity index (χ0n) is 19.6. The van der Waals surface area contributed by atoms with E-state index in [4.69, 9.17) is 9.73 Å². The third-order valence-electron chi connectivity index (χ3n) is 5.53. The highest BCUT2D eigenvalue weighted by Crippen LogP contribution is 2.12. The smallest absolute Gasteiger partial charge is 0.225 e. The lowest BCUT2D eigenvalue weighted by Crippen LogP contribution is -2.52. The van der Waals surface area contributed by atoms with Crippen LogP contribution in [0.3, 0.4) is 0 Å². The third-order valence-corrected chi connectivity index (χ3v) is 5.53. The lowest BCUT2D eigenvalue weighted by atomic mass is 10.1. The van der Waals surface area contributed by atoms with Crippen LogP contribution in [0.25, 0.3) is 0 Å². The minimum atomic E-state index is 0. The molecule has 0 atom stereocenters. The first-order valence-corrected chi connectivity index (χ1v) is 11.6. The number of aromatic nitrogens is 2. The van der Waals surface area contributed by atoms with E-state index in [0.29, 0.717) is 19.8 Å². The van der Waals surface area contributed by atoms with Gasteiger partial charge in [-0.2, -0.15) is 0 Å². The van der Waals surface area contributed by atoms with Gasteiger partial charge in [-0.1, -0.05) is 54.6 Å². The summed E-state index contributed by atoms with van der Waals surface area (Å²) in [5.74, 6) is 1.75. The van der Waals surface area contributed by atoms with Crippen LogP contribution in [0.15, 0.2) is 78.0 Å². The molecule has 0 unspecified atom stereocenters. The molecule has 34 heavy (non-hydrogen) atoms. The number of anilines is 1. The van der Waals surface area contributed by atoms with Gasteiger partial charge in [-0.3, -0.25) is 0 Å². The summed E-state index contributed by atoms with van der Waals surface area (Å²) >= 11 is 0. The summed E-state index contributed by atoms with van der Waals surface area (Å²) in [4.78, 5) is 18.2. The van der Waals surface area contributed by atoms with Gasteiger partial charge in [0.1, 0.15) is 0 Å². The van der Waals surface area contributed by atoms with Gasteiger partial charge < -0.3 is 19.9 Å². The highest BCUT2D eigenvalue weighted by molar-refractivity contribution is 14.0. The van der Waals surface area contributed by atoms with Gasteiger partial charge in [0.05, 0.1) is 19.8 Å². The molecule has 0 amide bonds. The van der Waals surface area contributed by atoms with E-state index in [1.165, 1.54) is 16.7 Å². The second-order valence-electron chi connectivity index (χ2n) is 7.99. The number of piperazine rings is 1. The highest BCUT2D eigenvalue weighted by Gasteiger charge is 2.21. The number of hydrogen-bond acceptors (Lipinski definition) is 5. The molecule has 180 valence electrons. The topological polar surface area (TPSA) is 65.9 Å². The molecule has 1 N–H and O–H groups in total. The van der Waals surface area contributed by atoms with Crippen LogP contribution in [-0.2, 0) is 24.5 Å². The van der Waals surface area contributed by atoms with Crippen molar-refractivity contribution in [3.8, 4) is 0 Å². The summed E-state index contributed by atoms with van der Waals surface area (Å²) in [6.45, 7) is 8.32. The van der Waals surface area contributed by atoms with E-state index >= 15 is 0 Å². The quantitative estimate of drug-likeness (QED) is 0.249. The van der Waals surface area contributed by atoms with Gasteiger partial charge in [0, 0.05) is 45.1 Å². The summed E-state index contributed by atoms with van der Waals surface area (Å²) in [5, 5.41) is 3.45. The SMILES string of the molecule is CCNC(=NCc1cccc(COCc2ccccc2)c1)N1CCN(c2ncccn2)CC1.I. The van der Waals surface area contributed by atoms with Crippen LogP contribution in [0.1, 0.15) is 23.6 Å². The second kappa shape index (κ2) is 13.9. The molecule has 0 bridgehead atoms. The van der Waals surface area contributed by atoms with E-state index in [1.807, 2.05) is 24.3 Å². The Morgan fingerprint density at radius 3 is 2.29 bits per heavy atom. The predicted octanol–water partition coefficient (Wildman–Crippen LogP) is 4.10. The molecular formula is C26H33IN6O. The van der Waals surface area contributed by atoms with Crippen LogP contribution >= 0.6 is 24.0 Å². The molecule has 4 rings (SSSR count). The fraction of sp³-hybridized carbons (Fsp3) is 0.346. The van der Waals surface area contributed by atoms with E-state index in [1.54, 1.807) is 12.4 Å². The molecule has 0 radical (unpaired) electrons. The Hall–Kier alpha value is -2.72. The van der Waals surface area contributed by atoms with Crippen LogP contribution in [0.2, 0.25) is 0 Å². The van der Waals surface area contributed by atoms with Crippen molar-refractivity contribution >= 4 is 35.9 Å². The average molecular weight is 572 g/mol. The second-order valence-corrected chi connectivity index (χ2v) is 7.99. The van der Waals surface area contributed by atoms with Gasteiger partial charge in [0.25, 0.3) is 0 Å². The maximum Gasteiger partial charge on any atom is 0.225 e. The first kappa shape index (κ1) is 25.9. The Bertz CT molecular complexity index is 1010. The van der Waals surface area contributed by atoms with Crippen molar-refractivity contribution in [2.75, 3.05) is 37.6 Å². The maximum absolute atomic E-state index is 5.90. The van der Waals surface area contributed by atoms with Crippen molar-refractivity contribution in [1.82, 2.24) is 20.2 Å². The molecule has 1 aromatic heterocycles. The molecule has 8 heteroatoms. The zero-order valence-corrected chi connectivity index (χ0v) is 22.0. The van der Waals surface area contributed by atoms with Crippen LogP contribution < -0.4 is 10.2 Å². The molecule has 7 nitrogen and oxygen atoms in total. The number of rotatable bonds is 8. The Kier molecular flexibility index (Phi) is 10.6. The van der Waals surface area contributed by atoms with Crippen molar-refractivity contribution in [1.29, 1.82) is 0 Å². The molecule has 0 saturated carbocycles. The van der Waals surface area contributed by atoms with Gasteiger partial charge in [-0.05, 0) is 29.7 Å². The highest BCUT2D eigenvalue weighted by atomic mass is 127. The standard InChI is InChI=1S/C26H32N6O.HI/c1-2-27-25(31-14-16-32(17-15-31)26-28-12-7-13-29-26)30-19-23-10-6-11-24(18-23)21-33-20-22-8-4-3-5-9-22;/h3-13,18H,2,14-17,19-21H2,1H3,(H,27,30);1H. The van der Waals surface area contributed by atoms with Crippen molar-refractivity contribution in [3.05, 3.63) is 89.7 Å². The van der Waals surface area contributed by atoms with E-state index in [0.717, 1.165) is 44.6 Å². The molecule has 0 spiro atoms. The summed E-state index contributed by atoms with van der Waals surface area (Å²) in [6, 6.07) is 20.6. The summed E-state index contributed by atoms with van der Waals surface area (Å²) in [6.07, 6.45) is 3.59. The van der Waals surface area contributed by atoms with Gasteiger partial charge in [0.15, 0.2) is 5.96 Å². The molecule has 2 aromatic carbocycles. The molecule has 1 saturated heterocycles. The zero-order chi connectivity index (χ0) is 22.7. The first-order valence-electron chi connectivity index (χ1n) is 11.6. The Balaban J connectivity index is 0.00000324. The predicted molar refractivity (Wildman–Crippen MR) is 147 cm³/mol. The van der Waals surface area contributed by atoms with E-state index in [2.05, 4.69) is 68.4 Å². The lowest BCUT2D eigenvalue weighted by Gasteiger charge is -2.36. The first-order chi connectivity index (χ1) is 16.3. The Morgan fingerprint density at radius 1 is 0.882 bits per heavy atom. The summed E-state index contributed by atoms with van der Waals surface area (Å²) < 4.78 is 5.90. The number of aliphatic imine (C=N–C) groups is 1. The minimum Gasteiger partial charge on any atom is -0.372 e. The number of hydrogen-bond donors (Lipinski definition) is 1. The van der Waals surface area contributed by atoms with Gasteiger partial charge in [-0.25, -0.2) is 15.0 Å². The molecule has 2 heterocycles. The average Bonchev–Trinajstić information content (AvgIpc) is 2.88. The van der Waals surface area contributed by atoms with Crippen molar-refractivity contribution in [2.45, 2.75) is 26.7 Å². The Labute approximate surface area is 219 Å². The molecular weight excluding hydrogens is 539 g/mol. The maximum atomic E-state index is 5.90. The van der Waals surface area contributed by atoms with Gasteiger partial charge in [-0.15, -0.1) is 24.0 Å². The number of benzene rings is 2. The monoisotopic (exact) mass is 572 g/mol. The van der Waals surface area contributed by atoms with Crippen molar-refractivity contribution in [2.24, 2.45) is 4.99 Å². The fourth-order valence-corrected chi connectivity index (χ4v) is 3.84. The van der Waals surface area contributed by atoms with Crippen LogP contribution in [0, 0.1) is 0 Å². The van der Waals surface area contributed by atoms with Crippen LogP contribution in [-0.4, -0.2) is 53.6 Å². The molecule has 0 aliphatic carbocycles. The number of guanidine groups is 1. The number of halogens is 1. The fourth-order valence-electron chi connectivity index (χ4n) is 3.84. The van der Waals surface area contributed by atoms with E-state index in [9.17, 15) is 0 Å². The minimum absolute atomic E-state index is 0. The Morgan fingerprint density at radius 2 is 1.56 bits per heavy atom. The van der Waals surface area contributed by atoms with Gasteiger partial charge in [0.2, 0.25) is 5.95 Å². The van der Waals surface area contributed by atoms with Crippen molar-refractivity contribution < 1.29 is 4.74 Å². The van der Waals surface area contributed by atoms with Crippen LogP contribution in [0.4, 0.5) is 5.95 Å². The van der Waals surface area contributed by atoms with E-state index < -0.39 is 0 Å². The largest absolute Gasteiger partial charge is 0.372 e.